The average Bonchev–Trinajstić information content (AvgIpc) is 3.65. The Morgan fingerprint density at radius 2 is 1.78 bits per heavy atom. The van der Waals surface area contributed by atoms with E-state index in [-0.39, 0.29) is 36.8 Å². The van der Waals surface area contributed by atoms with Gasteiger partial charge in [0, 0.05) is 25.3 Å². The summed E-state index contributed by atoms with van der Waals surface area (Å²) in [6.07, 6.45) is 6.32. The third-order valence-electron chi connectivity index (χ3n) is 10.2. The van der Waals surface area contributed by atoms with Gasteiger partial charge in [-0.25, -0.2) is 0 Å². The minimum atomic E-state index is -1.18. The molecule has 6 atom stereocenters. The molecular weight excluding hydrogens is 566 g/mol. The van der Waals surface area contributed by atoms with Gasteiger partial charge < -0.3 is 24.5 Å². The average molecular weight is 616 g/mol. The van der Waals surface area contributed by atoms with Crippen molar-refractivity contribution in [2.75, 3.05) is 31.1 Å². The maximum Gasteiger partial charge on any atom is 0.253 e. The van der Waals surface area contributed by atoms with Gasteiger partial charge in [0.15, 0.2) is 0 Å². The van der Waals surface area contributed by atoms with E-state index in [1.54, 1.807) is 26.9 Å². The SMILES string of the molecule is C=CCN(CCC)C(=O)[C@@H]1[C@H]2C(=O)N([C@@H](CO)CC(C)C)C(C(=O)N(CC=C)c3ccc4ccccc4c3)C23CC[C@@]1(CC)O3. The van der Waals surface area contributed by atoms with Crippen LogP contribution in [0.1, 0.15) is 59.8 Å². The van der Waals surface area contributed by atoms with Crippen LogP contribution < -0.4 is 4.90 Å². The Morgan fingerprint density at radius 1 is 1.07 bits per heavy atom. The molecule has 0 aromatic heterocycles. The number of aliphatic hydroxyl groups is 1. The summed E-state index contributed by atoms with van der Waals surface area (Å²) in [5.74, 6) is -2.04. The molecule has 8 heteroatoms. The second-order valence-corrected chi connectivity index (χ2v) is 13.4. The van der Waals surface area contributed by atoms with Crippen molar-refractivity contribution in [3.8, 4) is 0 Å². The molecule has 3 aliphatic rings. The van der Waals surface area contributed by atoms with Crippen LogP contribution in [0.4, 0.5) is 5.69 Å². The lowest BCUT2D eigenvalue weighted by molar-refractivity contribution is -0.154. The standard InChI is InChI=1S/C37H49N3O5/c1-7-19-38(20-8-2)33(42)30-31-34(43)40(29(24-41)22-25(5)6)32(37(31)18-17-36(30,10-4)45-37)35(44)39(21-9-3)28-16-15-26-13-11-12-14-27(26)23-28/h7,9,11-16,23,25,29-32,41H,1,3,8,10,17-22,24H2,2,4-6H3/t29-,30+,31+,32?,36-,37?/m1/s1. The molecule has 1 N–H and O–H groups in total. The number of likely N-dealkylation sites (tertiary alicyclic amines) is 1. The molecule has 0 saturated carbocycles. The van der Waals surface area contributed by atoms with Crippen LogP contribution in [0.2, 0.25) is 0 Å². The zero-order valence-corrected chi connectivity index (χ0v) is 27.3. The van der Waals surface area contributed by atoms with Gasteiger partial charge >= 0.3 is 0 Å². The zero-order chi connectivity index (χ0) is 32.5. The van der Waals surface area contributed by atoms with Crippen molar-refractivity contribution in [1.29, 1.82) is 0 Å². The molecule has 45 heavy (non-hydrogen) atoms. The largest absolute Gasteiger partial charge is 0.394 e. The maximum atomic E-state index is 15.1. The smallest absolute Gasteiger partial charge is 0.253 e. The third-order valence-corrected chi connectivity index (χ3v) is 10.2. The van der Waals surface area contributed by atoms with Gasteiger partial charge in [-0.05, 0) is 60.9 Å². The first kappa shape index (κ1) is 32.9. The van der Waals surface area contributed by atoms with Crippen LogP contribution in [0.5, 0.6) is 0 Å². The Labute approximate surface area is 267 Å². The molecule has 3 heterocycles. The van der Waals surface area contributed by atoms with Crippen molar-refractivity contribution in [2.45, 2.75) is 83.1 Å². The highest BCUT2D eigenvalue weighted by Gasteiger charge is 2.79. The highest BCUT2D eigenvalue weighted by molar-refractivity contribution is 6.06. The van der Waals surface area contributed by atoms with Gasteiger partial charge in [-0.2, -0.15) is 0 Å². The highest BCUT2D eigenvalue weighted by atomic mass is 16.5. The van der Waals surface area contributed by atoms with E-state index in [0.29, 0.717) is 44.5 Å². The molecule has 3 aliphatic heterocycles. The van der Waals surface area contributed by atoms with Crippen molar-refractivity contribution < 1.29 is 24.2 Å². The molecule has 242 valence electrons. The Balaban J connectivity index is 1.65. The second kappa shape index (κ2) is 13.1. The minimum absolute atomic E-state index is 0.117. The molecule has 2 bridgehead atoms. The van der Waals surface area contributed by atoms with E-state index < -0.39 is 35.1 Å². The summed E-state index contributed by atoms with van der Waals surface area (Å²) in [5.41, 5.74) is -1.33. The molecule has 3 amide bonds. The molecule has 3 fully saturated rings. The van der Waals surface area contributed by atoms with Crippen molar-refractivity contribution in [3.63, 3.8) is 0 Å². The van der Waals surface area contributed by atoms with Gasteiger partial charge in [0.05, 0.1) is 30.1 Å². The fraction of sp³-hybridized carbons (Fsp3) is 0.541. The summed E-state index contributed by atoms with van der Waals surface area (Å²) in [5, 5.41) is 12.7. The number of aliphatic hydroxyl groups excluding tert-OH is 1. The lowest BCUT2D eigenvalue weighted by Gasteiger charge is -2.40. The summed E-state index contributed by atoms with van der Waals surface area (Å²) < 4.78 is 7.04. The van der Waals surface area contributed by atoms with Gasteiger partial charge in [-0.3, -0.25) is 14.4 Å². The molecule has 2 aromatic carbocycles. The molecule has 1 spiro atoms. The van der Waals surface area contributed by atoms with Crippen molar-refractivity contribution in [3.05, 3.63) is 67.8 Å². The summed E-state index contributed by atoms with van der Waals surface area (Å²) in [6.45, 7) is 16.8. The summed E-state index contributed by atoms with van der Waals surface area (Å²) >= 11 is 0. The molecule has 2 unspecified atom stereocenters. The van der Waals surface area contributed by atoms with Gasteiger partial charge in [0.2, 0.25) is 11.8 Å². The third kappa shape index (κ3) is 5.40. The van der Waals surface area contributed by atoms with Crippen LogP contribution in [-0.4, -0.2) is 82.2 Å². The molecular formula is C37H49N3O5. The van der Waals surface area contributed by atoms with E-state index in [1.807, 2.05) is 70.2 Å². The first-order valence-corrected chi connectivity index (χ1v) is 16.6. The van der Waals surface area contributed by atoms with Crippen LogP contribution in [0.3, 0.4) is 0 Å². The fourth-order valence-corrected chi connectivity index (χ4v) is 8.38. The van der Waals surface area contributed by atoms with E-state index >= 15 is 4.79 Å². The summed E-state index contributed by atoms with van der Waals surface area (Å²) in [4.78, 5) is 49.4. The van der Waals surface area contributed by atoms with E-state index in [4.69, 9.17) is 4.74 Å². The monoisotopic (exact) mass is 615 g/mol. The van der Waals surface area contributed by atoms with Crippen LogP contribution in [0.15, 0.2) is 67.8 Å². The number of amides is 3. The van der Waals surface area contributed by atoms with Crippen molar-refractivity contribution >= 4 is 34.2 Å². The number of fused-ring (bicyclic) bond motifs is 2. The lowest BCUT2D eigenvalue weighted by atomic mass is 9.64. The van der Waals surface area contributed by atoms with E-state index in [2.05, 4.69) is 13.2 Å². The topological polar surface area (TPSA) is 90.4 Å². The normalized spacial score (nSPS) is 27.6. The zero-order valence-electron chi connectivity index (χ0n) is 27.3. The van der Waals surface area contributed by atoms with Crippen LogP contribution in [0, 0.1) is 17.8 Å². The number of anilines is 1. The fourth-order valence-electron chi connectivity index (χ4n) is 8.38. The highest BCUT2D eigenvalue weighted by Crippen LogP contribution is 2.65. The number of ether oxygens (including phenoxy) is 1. The lowest BCUT2D eigenvalue weighted by Crippen LogP contribution is -2.59. The molecule has 3 saturated heterocycles. The number of hydrogen-bond acceptors (Lipinski definition) is 5. The first-order valence-electron chi connectivity index (χ1n) is 16.6. The Hall–Kier alpha value is -3.49. The van der Waals surface area contributed by atoms with Crippen molar-refractivity contribution in [2.24, 2.45) is 17.8 Å². The quantitative estimate of drug-likeness (QED) is 0.290. The number of carbonyl (C=O) groups excluding carboxylic acids is 3. The summed E-state index contributed by atoms with van der Waals surface area (Å²) in [6, 6.07) is 12.3. The minimum Gasteiger partial charge on any atom is -0.394 e. The Morgan fingerprint density at radius 3 is 2.40 bits per heavy atom. The predicted molar refractivity (Wildman–Crippen MR) is 178 cm³/mol. The Kier molecular flexibility index (Phi) is 9.57. The maximum absolute atomic E-state index is 15.1. The number of benzene rings is 2. The molecule has 2 aromatic rings. The molecule has 0 aliphatic carbocycles. The molecule has 5 rings (SSSR count). The molecule has 8 nitrogen and oxygen atoms in total. The van der Waals surface area contributed by atoms with Crippen molar-refractivity contribution in [1.82, 2.24) is 9.80 Å². The number of nitrogens with zero attached hydrogens (tertiary/aromatic N) is 3. The van der Waals surface area contributed by atoms with Gasteiger partial charge in [0.1, 0.15) is 11.6 Å². The van der Waals surface area contributed by atoms with Crippen LogP contribution in [-0.2, 0) is 19.1 Å². The van der Waals surface area contributed by atoms with E-state index in [9.17, 15) is 14.7 Å². The van der Waals surface area contributed by atoms with E-state index in [0.717, 1.165) is 17.2 Å². The predicted octanol–water partition coefficient (Wildman–Crippen LogP) is 5.35. The number of rotatable bonds is 14. The van der Waals surface area contributed by atoms with E-state index in [1.165, 1.54) is 0 Å². The number of hydrogen-bond donors (Lipinski definition) is 1. The first-order chi connectivity index (χ1) is 21.6. The Bertz CT molecular complexity index is 1460. The van der Waals surface area contributed by atoms with Gasteiger partial charge in [-0.1, -0.05) is 70.2 Å². The second-order valence-electron chi connectivity index (χ2n) is 13.4. The summed E-state index contributed by atoms with van der Waals surface area (Å²) in [7, 11) is 0. The van der Waals surface area contributed by atoms with Gasteiger partial charge in [0.25, 0.3) is 5.91 Å². The van der Waals surface area contributed by atoms with Crippen LogP contribution in [0.25, 0.3) is 10.8 Å². The molecule has 0 radical (unpaired) electrons. The van der Waals surface area contributed by atoms with Crippen LogP contribution >= 0.6 is 0 Å². The number of carbonyl (C=O) groups is 3. The van der Waals surface area contributed by atoms with Gasteiger partial charge in [-0.15, -0.1) is 13.2 Å².